The van der Waals surface area contributed by atoms with Gasteiger partial charge in [-0.15, -0.1) is 0 Å². The zero-order chi connectivity index (χ0) is 30.4. The van der Waals surface area contributed by atoms with Crippen LogP contribution in [0.2, 0.25) is 0 Å². The predicted octanol–water partition coefficient (Wildman–Crippen LogP) is 6.29. The average Bonchev–Trinajstić information content (AvgIpc) is 3.27. The first-order valence-corrected chi connectivity index (χ1v) is 13.7. The lowest BCUT2D eigenvalue weighted by Gasteiger charge is -2.25. The first-order chi connectivity index (χ1) is 19.1. The fourth-order valence-corrected chi connectivity index (χ4v) is 4.11. The number of aromatic nitrogens is 1. The summed E-state index contributed by atoms with van der Waals surface area (Å²) >= 11 is 0. The Labute approximate surface area is 240 Å². The molecule has 3 rings (SSSR count). The van der Waals surface area contributed by atoms with Gasteiger partial charge in [-0.2, -0.15) is 0 Å². The molecule has 1 aromatic heterocycles. The third-order valence-electron chi connectivity index (χ3n) is 5.99. The van der Waals surface area contributed by atoms with Gasteiger partial charge >= 0.3 is 12.2 Å². The standard InChI is InChI=1S/C31H41FN4O5/c1-19(34-28(38)40-30(2,3)4)8-15-24(35-29(39)41-31(5,6)7)18-33-27(37)26-17-22-10-9-21(16-25(22)36-26)20-11-13-23(32)14-12-20/h9-14,16-17,19,24,36H,8,15,18H2,1-7H3,(H,33,37)(H,34,38)(H,35,39)/t19?,24-/m0/s1. The van der Waals surface area contributed by atoms with Crippen molar-refractivity contribution in [1.29, 1.82) is 0 Å². The summed E-state index contributed by atoms with van der Waals surface area (Å²) in [5, 5.41) is 9.35. The van der Waals surface area contributed by atoms with Gasteiger partial charge in [0, 0.05) is 29.5 Å². The number of hydrogen-bond donors (Lipinski definition) is 4. The quantitative estimate of drug-likeness (QED) is 0.242. The maximum Gasteiger partial charge on any atom is 0.407 e. The summed E-state index contributed by atoms with van der Waals surface area (Å²) in [6.07, 6.45) is -0.127. The molecule has 10 heteroatoms. The summed E-state index contributed by atoms with van der Waals surface area (Å²) in [5.74, 6) is -0.637. The lowest BCUT2D eigenvalue weighted by atomic mass is 10.0. The molecular formula is C31H41FN4O5. The molecule has 4 N–H and O–H groups in total. The minimum absolute atomic E-state index is 0.146. The highest BCUT2D eigenvalue weighted by atomic mass is 19.1. The number of fused-ring (bicyclic) bond motifs is 1. The first-order valence-electron chi connectivity index (χ1n) is 13.7. The topological polar surface area (TPSA) is 122 Å². The molecule has 0 aliphatic carbocycles. The Morgan fingerprint density at radius 1 is 0.829 bits per heavy atom. The summed E-state index contributed by atoms with van der Waals surface area (Å²) in [7, 11) is 0. The molecule has 0 spiro atoms. The van der Waals surface area contributed by atoms with Gasteiger partial charge in [-0.05, 0) is 96.7 Å². The third-order valence-corrected chi connectivity index (χ3v) is 5.99. The molecular weight excluding hydrogens is 527 g/mol. The van der Waals surface area contributed by atoms with Gasteiger partial charge in [0.05, 0.1) is 0 Å². The summed E-state index contributed by atoms with van der Waals surface area (Å²) in [5.41, 5.74) is 1.60. The van der Waals surface area contributed by atoms with Crippen LogP contribution in [-0.4, -0.2) is 52.9 Å². The number of carbonyl (C=O) groups is 3. The Morgan fingerprint density at radius 3 is 2.02 bits per heavy atom. The van der Waals surface area contributed by atoms with E-state index in [1.54, 1.807) is 59.7 Å². The molecule has 3 amide bonds. The van der Waals surface area contributed by atoms with E-state index in [1.165, 1.54) is 12.1 Å². The molecule has 0 bridgehead atoms. The number of carbonyl (C=O) groups excluding carboxylic acids is 3. The molecule has 9 nitrogen and oxygen atoms in total. The van der Waals surface area contributed by atoms with E-state index in [-0.39, 0.29) is 24.3 Å². The summed E-state index contributed by atoms with van der Waals surface area (Å²) in [6.45, 7) is 12.7. The second-order valence-electron chi connectivity index (χ2n) is 12.2. The monoisotopic (exact) mass is 568 g/mol. The van der Waals surface area contributed by atoms with E-state index in [1.807, 2.05) is 25.1 Å². The van der Waals surface area contributed by atoms with Crippen molar-refractivity contribution in [3.05, 3.63) is 60.0 Å². The van der Waals surface area contributed by atoms with Crippen LogP contribution >= 0.6 is 0 Å². The fourth-order valence-electron chi connectivity index (χ4n) is 4.11. The molecule has 1 unspecified atom stereocenters. The van der Waals surface area contributed by atoms with Gasteiger partial charge in [-0.3, -0.25) is 4.79 Å². The molecule has 0 aliphatic rings. The van der Waals surface area contributed by atoms with E-state index in [0.717, 1.165) is 22.0 Å². The van der Waals surface area contributed by atoms with Gasteiger partial charge in [-0.25, -0.2) is 14.0 Å². The highest BCUT2D eigenvalue weighted by Gasteiger charge is 2.22. The van der Waals surface area contributed by atoms with Crippen LogP contribution in [0.5, 0.6) is 0 Å². The molecule has 3 aromatic rings. The highest BCUT2D eigenvalue weighted by molar-refractivity contribution is 5.98. The minimum Gasteiger partial charge on any atom is -0.444 e. The SMILES string of the molecule is CC(CC[C@@H](CNC(=O)c1cc2ccc(-c3ccc(F)cc3)cc2[nH]1)NC(=O)OC(C)(C)C)NC(=O)OC(C)(C)C. The minimum atomic E-state index is -0.680. The lowest BCUT2D eigenvalue weighted by Crippen LogP contribution is -2.46. The lowest BCUT2D eigenvalue weighted by molar-refractivity contribution is 0.0476. The summed E-state index contributed by atoms with van der Waals surface area (Å²) in [4.78, 5) is 40.8. The molecule has 2 aromatic carbocycles. The smallest absolute Gasteiger partial charge is 0.407 e. The number of alkyl carbamates (subject to hydrolysis) is 2. The molecule has 0 saturated carbocycles. The Morgan fingerprint density at radius 2 is 1.41 bits per heavy atom. The molecule has 0 fully saturated rings. The zero-order valence-corrected chi connectivity index (χ0v) is 24.8. The number of benzene rings is 2. The van der Waals surface area contributed by atoms with Crippen LogP contribution in [0.15, 0.2) is 48.5 Å². The van der Waals surface area contributed by atoms with E-state index in [4.69, 9.17) is 9.47 Å². The van der Waals surface area contributed by atoms with Crippen molar-refractivity contribution in [2.24, 2.45) is 0 Å². The number of rotatable bonds is 9. The molecule has 222 valence electrons. The molecule has 0 saturated heterocycles. The van der Waals surface area contributed by atoms with Crippen LogP contribution in [-0.2, 0) is 9.47 Å². The second kappa shape index (κ2) is 13.1. The second-order valence-corrected chi connectivity index (χ2v) is 12.2. The van der Waals surface area contributed by atoms with Crippen LogP contribution in [0.3, 0.4) is 0 Å². The van der Waals surface area contributed by atoms with Crippen molar-refractivity contribution < 1.29 is 28.2 Å². The van der Waals surface area contributed by atoms with Crippen molar-refractivity contribution in [2.75, 3.05) is 6.54 Å². The summed E-state index contributed by atoms with van der Waals surface area (Å²) in [6, 6.07) is 13.0. The molecule has 1 heterocycles. The van der Waals surface area contributed by atoms with Crippen molar-refractivity contribution in [1.82, 2.24) is 20.9 Å². The van der Waals surface area contributed by atoms with Crippen LogP contribution in [0.4, 0.5) is 14.0 Å². The fraction of sp³-hybridized carbons (Fsp3) is 0.452. The van der Waals surface area contributed by atoms with Gasteiger partial charge in [0.25, 0.3) is 5.91 Å². The third kappa shape index (κ3) is 10.4. The van der Waals surface area contributed by atoms with E-state index < -0.39 is 29.4 Å². The molecule has 2 atom stereocenters. The Kier molecular flexibility index (Phi) is 10.0. The van der Waals surface area contributed by atoms with Gasteiger partial charge in [0.2, 0.25) is 0 Å². The van der Waals surface area contributed by atoms with Crippen molar-refractivity contribution in [2.45, 2.75) is 84.6 Å². The molecule has 0 aliphatic heterocycles. The van der Waals surface area contributed by atoms with E-state index in [2.05, 4.69) is 20.9 Å². The Balaban J connectivity index is 1.65. The maximum absolute atomic E-state index is 13.3. The number of ether oxygens (including phenoxy) is 2. The average molecular weight is 569 g/mol. The normalized spacial score (nSPS) is 13.3. The number of halogens is 1. The van der Waals surface area contributed by atoms with Gasteiger partial charge in [-0.1, -0.05) is 24.3 Å². The maximum atomic E-state index is 13.3. The largest absolute Gasteiger partial charge is 0.444 e. The number of amides is 3. The highest BCUT2D eigenvalue weighted by Crippen LogP contribution is 2.25. The van der Waals surface area contributed by atoms with Gasteiger partial charge < -0.3 is 30.4 Å². The number of hydrogen-bond acceptors (Lipinski definition) is 5. The van der Waals surface area contributed by atoms with Crippen LogP contribution in [0.25, 0.3) is 22.0 Å². The number of H-pyrrole nitrogens is 1. The van der Waals surface area contributed by atoms with Gasteiger partial charge in [0.15, 0.2) is 0 Å². The van der Waals surface area contributed by atoms with Crippen LogP contribution in [0.1, 0.15) is 71.8 Å². The van der Waals surface area contributed by atoms with Crippen LogP contribution < -0.4 is 16.0 Å². The van der Waals surface area contributed by atoms with E-state index in [9.17, 15) is 18.8 Å². The van der Waals surface area contributed by atoms with Crippen LogP contribution in [0, 0.1) is 5.82 Å². The van der Waals surface area contributed by atoms with Gasteiger partial charge in [0.1, 0.15) is 22.7 Å². The number of nitrogens with one attached hydrogen (secondary N) is 4. The Hall–Kier alpha value is -4.08. The molecule has 0 radical (unpaired) electrons. The molecule has 41 heavy (non-hydrogen) atoms. The van der Waals surface area contributed by atoms with E-state index in [0.29, 0.717) is 18.5 Å². The van der Waals surface area contributed by atoms with Crippen molar-refractivity contribution in [3.8, 4) is 11.1 Å². The van der Waals surface area contributed by atoms with E-state index >= 15 is 0 Å². The number of aromatic amines is 1. The summed E-state index contributed by atoms with van der Waals surface area (Å²) < 4.78 is 24.0. The first kappa shape index (κ1) is 31.4. The Bertz CT molecular complexity index is 1360. The predicted molar refractivity (Wildman–Crippen MR) is 157 cm³/mol. The van der Waals surface area contributed by atoms with Crippen molar-refractivity contribution in [3.63, 3.8) is 0 Å². The van der Waals surface area contributed by atoms with Crippen molar-refractivity contribution >= 4 is 29.0 Å². The zero-order valence-electron chi connectivity index (χ0n) is 24.8.